The highest BCUT2D eigenvalue weighted by atomic mass is 19.1. The van der Waals surface area contributed by atoms with Gasteiger partial charge in [0, 0.05) is 17.4 Å². The highest BCUT2D eigenvalue weighted by molar-refractivity contribution is 6.51. The lowest BCUT2D eigenvalue weighted by Crippen LogP contribution is -2.29. The fourth-order valence-electron chi connectivity index (χ4n) is 3.72. The van der Waals surface area contributed by atoms with Crippen molar-refractivity contribution >= 4 is 23.1 Å². The Hall–Kier alpha value is -4.00. The van der Waals surface area contributed by atoms with E-state index < -0.39 is 23.5 Å². The molecule has 1 amide bonds. The zero-order chi connectivity index (χ0) is 22.1. The van der Waals surface area contributed by atoms with Crippen LogP contribution in [0.2, 0.25) is 0 Å². The molecule has 1 aliphatic rings. The first-order valence-corrected chi connectivity index (χ1v) is 9.55. The Morgan fingerprint density at radius 1 is 1.10 bits per heavy atom. The zero-order valence-corrected chi connectivity index (χ0v) is 16.9. The fraction of sp³-hybridized carbons (Fsp3) is 0.125. The number of hydrogen-bond acceptors (Lipinski definition) is 5. The normalized spacial score (nSPS) is 17.8. The predicted molar refractivity (Wildman–Crippen MR) is 113 cm³/mol. The third kappa shape index (κ3) is 3.54. The number of methoxy groups -OCH3 is 1. The van der Waals surface area contributed by atoms with Crippen molar-refractivity contribution in [3.8, 4) is 5.75 Å². The summed E-state index contributed by atoms with van der Waals surface area (Å²) in [5.74, 6) is -2.02. The first kappa shape index (κ1) is 20.3. The number of nitrogens with zero attached hydrogens (tertiary/aromatic N) is 2. The summed E-state index contributed by atoms with van der Waals surface area (Å²) in [4.78, 5) is 31.5. The number of hydrogen-bond donors (Lipinski definition) is 1. The van der Waals surface area contributed by atoms with E-state index in [1.807, 2.05) is 0 Å². The Labute approximate surface area is 178 Å². The minimum Gasteiger partial charge on any atom is -0.507 e. The second-order valence-corrected chi connectivity index (χ2v) is 7.08. The number of pyridine rings is 1. The quantitative estimate of drug-likeness (QED) is 0.391. The number of aliphatic hydroxyl groups excluding tert-OH is 1. The van der Waals surface area contributed by atoms with Gasteiger partial charge in [0.05, 0.1) is 18.4 Å². The number of ether oxygens (including phenoxy) is 1. The Balaban J connectivity index is 1.95. The molecule has 31 heavy (non-hydrogen) atoms. The number of carbonyl (C=O) groups excluding carboxylic acids is 2. The van der Waals surface area contributed by atoms with Crippen LogP contribution < -0.4 is 9.64 Å². The predicted octanol–water partition coefficient (Wildman–Crippen LogP) is 4.16. The van der Waals surface area contributed by atoms with Crippen molar-refractivity contribution in [3.63, 3.8) is 0 Å². The van der Waals surface area contributed by atoms with Crippen LogP contribution in [0.3, 0.4) is 0 Å². The van der Waals surface area contributed by atoms with Crippen LogP contribution in [0.4, 0.5) is 10.1 Å². The average molecular weight is 418 g/mol. The Bertz CT molecular complexity index is 1210. The van der Waals surface area contributed by atoms with Gasteiger partial charge in [0.25, 0.3) is 11.7 Å². The summed E-state index contributed by atoms with van der Waals surface area (Å²) in [6, 6.07) is 14.4. The van der Waals surface area contributed by atoms with Crippen molar-refractivity contribution in [3.05, 3.63) is 95.1 Å². The molecule has 1 fully saturated rings. The lowest BCUT2D eigenvalue weighted by atomic mass is 9.96. The van der Waals surface area contributed by atoms with Crippen LogP contribution in [-0.4, -0.2) is 28.9 Å². The topological polar surface area (TPSA) is 79.7 Å². The van der Waals surface area contributed by atoms with Crippen molar-refractivity contribution in [2.75, 3.05) is 12.0 Å². The number of rotatable bonds is 4. The van der Waals surface area contributed by atoms with Gasteiger partial charge in [-0.15, -0.1) is 0 Å². The third-order valence-electron chi connectivity index (χ3n) is 5.19. The van der Waals surface area contributed by atoms with Gasteiger partial charge in [-0.3, -0.25) is 19.5 Å². The van der Waals surface area contributed by atoms with Crippen LogP contribution in [0.15, 0.2) is 72.4 Å². The zero-order valence-electron chi connectivity index (χ0n) is 16.9. The molecule has 1 aliphatic heterocycles. The second kappa shape index (κ2) is 8.02. The summed E-state index contributed by atoms with van der Waals surface area (Å²) in [6.07, 6.45) is 1.53. The van der Waals surface area contributed by atoms with E-state index in [0.29, 0.717) is 22.6 Å². The summed E-state index contributed by atoms with van der Waals surface area (Å²) in [5.41, 5.74) is 1.51. The van der Waals surface area contributed by atoms with Gasteiger partial charge in [0.15, 0.2) is 0 Å². The van der Waals surface area contributed by atoms with Gasteiger partial charge in [-0.05, 0) is 61.0 Å². The number of anilines is 1. The molecule has 156 valence electrons. The van der Waals surface area contributed by atoms with Gasteiger partial charge in [-0.1, -0.05) is 12.1 Å². The van der Waals surface area contributed by atoms with Crippen molar-refractivity contribution < 1.29 is 23.8 Å². The van der Waals surface area contributed by atoms with Crippen LogP contribution in [0, 0.1) is 12.7 Å². The van der Waals surface area contributed by atoms with Crippen molar-refractivity contribution in [2.45, 2.75) is 13.0 Å². The fourth-order valence-corrected chi connectivity index (χ4v) is 3.72. The van der Waals surface area contributed by atoms with E-state index in [1.165, 1.54) is 37.6 Å². The summed E-state index contributed by atoms with van der Waals surface area (Å²) < 4.78 is 19.1. The minimum absolute atomic E-state index is 0.110. The second-order valence-electron chi connectivity index (χ2n) is 7.08. The molecule has 1 N–H and O–H groups in total. The molecule has 0 spiro atoms. The standard InChI is InChI=1S/C24H19FN2O4/c1-14-12-17(31-2)9-10-18(14)22(28)20-21(19-8-3-4-11-26-19)27(24(30)23(20)29)16-7-5-6-15(25)13-16/h3-13,21,28H,1-2H3/b22-20-. The number of benzene rings is 2. The highest BCUT2D eigenvalue weighted by Crippen LogP contribution is 2.42. The number of Topliss-reactive ketones (excluding diaryl/α,β-unsaturated/α-hetero) is 1. The van der Waals surface area contributed by atoms with E-state index >= 15 is 0 Å². The molecular formula is C24H19FN2O4. The van der Waals surface area contributed by atoms with E-state index in [1.54, 1.807) is 43.3 Å². The molecule has 0 aliphatic carbocycles. The van der Waals surface area contributed by atoms with Gasteiger partial charge in [-0.2, -0.15) is 0 Å². The van der Waals surface area contributed by atoms with E-state index in [-0.39, 0.29) is 17.0 Å². The molecule has 2 heterocycles. The van der Waals surface area contributed by atoms with Gasteiger partial charge >= 0.3 is 0 Å². The molecule has 0 bridgehead atoms. The Morgan fingerprint density at radius 3 is 2.55 bits per heavy atom. The number of ketones is 1. The third-order valence-corrected chi connectivity index (χ3v) is 5.19. The number of halogens is 1. The SMILES string of the molecule is COc1ccc(/C(O)=C2/C(=O)C(=O)N(c3cccc(F)c3)C2c2ccccn2)c(C)c1. The van der Waals surface area contributed by atoms with Crippen LogP contribution in [-0.2, 0) is 9.59 Å². The lowest BCUT2D eigenvalue weighted by molar-refractivity contribution is -0.132. The molecule has 7 heteroatoms. The monoisotopic (exact) mass is 418 g/mol. The van der Waals surface area contributed by atoms with E-state index in [4.69, 9.17) is 4.74 Å². The Kier molecular flexibility index (Phi) is 5.25. The van der Waals surface area contributed by atoms with Gasteiger partial charge in [0.2, 0.25) is 0 Å². The lowest BCUT2D eigenvalue weighted by Gasteiger charge is -2.24. The number of carbonyl (C=O) groups is 2. The van der Waals surface area contributed by atoms with Crippen molar-refractivity contribution in [2.24, 2.45) is 0 Å². The van der Waals surface area contributed by atoms with Crippen LogP contribution in [0.1, 0.15) is 22.9 Å². The highest BCUT2D eigenvalue weighted by Gasteiger charge is 2.47. The van der Waals surface area contributed by atoms with Gasteiger partial charge < -0.3 is 9.84 Å². The Morgan fingerprint density at radius 2 is 1.90 bits per heavy atom. The average Bonchev–Trinajstić information content (AvgIpc) is 3.04. The summed E-state index contributed by atoms with van der Waals surface area (Å²) in [7, 11) is 1.53. The van der Waals surface area contributed by atoms with Gasteiger partial charge in [-0.25, -0.2) is 4.39 Å². The maximum atomic E-state index is 13.9. The van der Waals surface area contributed by atoms with Crippen molar-refractivity contribution in [1.82, 2.24) is 4.98 Å². The van der Waals surface area contributed by atoms with E-state index in [0.717, 1.165) is 4.90 Å². The molecule has 6 nitrogen and oxygen atoms in total. The van der Waals surface area contributed by atoms with Crippen LogP contribution in [0.25, 0.3) is 5.76 Å². The van der Waals surface area contributed by atoms with Crippen molar-refractivity contribution in [1.29, 1.82) is 0 Å². The molecule has 2 aromatic carbocycles. The molecule has 0 saturated carbocycles. The summed E-state index contributed by atoms with van der Waals surface area (Å²) in [6.45, 7) is 1.76. The molecule has 1 unspecified atom stereocenters. The largest absolute Gasteiger partial charge is 0.507 e. The number of amides is 1. The van der Waals surface area contributed by atoms with E-state index in [9.17, 15) is 19.1 Å². The minimum atomic E-state index is -1.01. The smallest absolute Gasteiger partial charge is 0.300 e. The first-order chi connectivity index (χ1) is 14.9. The molecule has 1 aromatic heterocycles. The number of aromatic nitrogens is 1. The molecule has 3 aromatic rings. The summed E-state index contributed by atoms with van der Waals surface area (Å²) in [5, 5.41) is 11.1. The van der Waals surface area contributed by atoms with E-state index in [2.05, 4.69) is 4.98 Å². The molecule has 1 atom stereocenters. The number of aliphatic hydroxyl groups is 1. The first-order valence-electron chi connectivity index (χ1n) is 9.55. The molecule has 1 saturated heterocycles. The van der Waals surface area contributed by atoms with Crippen LogP contribution >= 0.6 is 0 Å². The summed E-state index contributed by atoms with van der Waals surface area (Å²) >= 11 is 0. The molecule has 4 rings (SSSR count). The maximum Gasteiger partial charge on any atom is 0.300 e. The number of aryl methyl sites for hydroxylation is 1. The van der Waals surface area contributed by atoms with Crippen LogP contribution in [0.5, 0.6) is 5.75 Å². The van der Waals surface area contributed by atoms with Gasteiger partial charge in [0.1, 0.15) is 23.4 Å². The molecule has 0 radical (unpaired) electrons. The molecular weight excluding hydrogens is 399 g/mol. The maximum absolute atomic E-state index is 13.9.